The molecule has 0 aliphatic heterocycles. The molecule has 0 N–H and O–H groups in total. The lowest BCUT2D eigenvalue weighted by Gasteiger charge is -2.26. The van der Waals surface area contributed by atoms with E-state index in [1.807, 2.05) is 31.2 Å². The number of ether oxygens (including phenoxy) is 1. The minimum atomic E-state index is -1.31. The number of para-hydroxylation sites is 1. The van der Waals surface area contributed by atoms with Crippen molar-refractivity contribution in [3.8, 4) is 5.75 Å². The predicted octanol–water partition coefficient (Wildman–Crippen LogP) is 7.29. The zero-order valence-electron chi connectivity index (χ0n) is 13.6. The Morgan fingerprint density at radius 3 is 2.23 bits per heavy atom. The van der Waals surface area contributed by atoms with Crippen LogP contribution in [0.2, 0.25) is 0 Å². The number of unbranched alkanes of at least 4 members (excludes halogenated alkanes) is 5. The van der Waals surface area contributed by atoms with E-state index in [1.54, 1.807) is 0 Å². The van der Waals surface area contributed by atoms with Gasteiger partial charge in [0, 0.05) is 11.5 Å². The number of halogens is 3. The van der Waals surface area contributed by atoms with E-state index < -0.39 is 3.79 Å². The van der Waals surface area contributed by atoms with Crippen molar-refractivity contribution in [3.05, 3.63) is 29.8 Å². The molecule has 0 fully saturated rings. The van der Waals surface area contributed by atoms with Gasteiger partial charge in [0.15, 0.2) is 3.79 Å². The van der Waals surface area contributed by atoms with E-state index >= 15 is 0 Å². The summed E-state index contributed by atoms with van der Waals surface area (Å²) in [4.78, 5) is 0. The second kappa shape index (κ2) is 10.6. The molecule has 126 valence electrons. The van der Waals surface area contributed by atoms with Gasteiger partial charge in [0.25, 0.3) is 0 Å². The van der Waals surface area contributed by atoms with E-state index in [2.05, 4.69) is 6.92 Å². The van der Waals surface area contributed by atoms with Crippen molar-refractivity contribution in [2.75, 3.05) is 6.61 Å². The van der Waals surface area contributed by atoms with Gasteiger partial charge in [-0.25, -0.2) is 0 Å². The molecule has 22 heavy (non-hydrogen) atoms. The normalized spacial score (nSPS) is 13.1. The van der Waals surface area contributed by atoms with Crippen LogP contribution in [0.3, 0.4) is 0 Å². The average molecular weight is 366 g/mol. The van der Waals surface area contributed by atoms with Crippen molar-refractivity contribution >= 4 is 34.8 Å². The molecule has 0 aliphatic rings. The molecule has 4 heteroatoms. The van der Waals surface area contributed by atoms with Crippen LogP contribution in [0.25, 0.3) is 0 Å². The summed E-state index contributed by atoms with van der Waals surface area (Å²) in [6.07, 6.45) is 8.25. The van der Waals surface area contributed by atoms with Gasteiger partial charge in [0.1, 0.15) is 5.75 Å². The SMILES string of the molecule is CCCCCCCCC(c1ccccc1OCC)C(Cl)(Cl)Cl. The third-order valence-corrected chi connectivity index (χ3v) is 4.63. The van der Waals surface area contributed by atoms with E-state index in [-0.39, 0.29) is 5.92 Å². The lowest BCUT2D eigenvalue weighted by atomic mass is 9.93. The zero-order valence-corrected chi connectivity index (χ0v) is 15.9. The first-order valence-electron chi connectivity index (χ1n) is 8.29. The molecule has 1 unspecified atom stereocenters. The Hall–Kier alpha value is -0.110. The standard InChI is InChI=1S/C18H27Cl3O/c1-3-5-6-7-8-9-13-16(18(19,20)21)15-12-10-11-14-17(15)22-4-2/h10-12,14,16H,3-9,13H2,1-2H3. The Morgan fingerprint density at radius 1 is 0.955 bits per heavy atom. The van der Waals surface area contributed by atoms with Crippen LogP contribution in [0.4, 0.5) is 0 Å². The lowest BCUT2D eigenvalue weighted by Crippen LogP contribution is -2.18. The molecular weight excluding hydrogens is 339 g/mol. The summed E-state index contributed by atoms with van der Waals surface area (Å²) in [7, 11) is 0. The van der Waals surface area contributed by atoms with Gasteiger partial charge in [-0.3, -0.25) is 0 Å². The van der Waals surface area contributed by atoms with Crippen molar-refractivity contribution in [3.63, 3.8) is 0 Å². The van der Waals surface area contributed by atoms with Gasteiger partial charge >= 0.3 is 0 Å². The van der Waals surface area contributed by atoms with Crippen molar-refractivity contribution < 1.29 is 4.74 Å². The maximum atomic E-state index is 6.24. The van der Waals surface area contributed by atoms with Crippen LogP contribution in [0.1, 0.15) is 70.3 Å². The second-order valence-corrected chi connectivity index (χ2v) is 7.99. The van der Waals surface area contributed by atoms with Gasteiger partial charge in [-0.15, -0.1) is 0 Å². The molecule has 1 nitrogen and oxygen atoms in total. The van der Waals surface area contributed by atoms with Gasteiger partial charge in [-0.2, -0.15) is 0 Å². The van der Waals surface area contributed by atoms with Crippen molar-refractivity contribution in [2.45, 2.75) is 68.5 Å². The van der Waals surface area contributed by atoms with Crippen molar-refractivity contribution in [2.24, 2.45) is 0 Å². The Kier molecular flexibility index (Phi) is 9.63. The third kappa shape index (κ3) is 6.98. The molecule has 0 aromatic heterocycles. The van der Waals surface area contributed by atoms with Crippen LogP contribution in [-0.2, 0) is 0 Å². The molecule has 1 rings (SSSR count). The molecule has 0 amide bonds. The van der Waals surface area contributed by atoms with Gasteiger partial charge in [-0.1, -0.05) is 98.5 Å². The Balaban J connectivity index is 2.69. The smallest absolute Gasteiger partial charge is 0.197 e. The van der Waals surface area contributed by atoms with E-state index in [0.29, 0.717) is 6.61 Å². The fraction of sp³-hybridized carbons (Fsp3) is 0.667. The molecule has 0 saturated carbocycles. The highest BCUT2D eigenvalue weighted by Gasteiger charge is 2.35. The number of benzene rings is 1. The average Bonchev–Trinajstić information content (AvgIpc) is 2.47. The summed E-state index contributed by atoms with van der Waals surface area (Å²) in [6.45, 7) is 4.80. The highest BCUT2D eigenvalue weighted by Crippen LogP contribution is 2.47. The summed E-state index contributed by atoms with van der Waals surface area (Å²) in [5.41, 5.74) is 0.998. The summed E-state index contributed by atoms with van der Waals surface area (Å²) in [5, 5.41) is 0. The zero-order chi connectivity index (χ0) is 16.4. The molecule has 0 saturated heterocycles. The number of alkyl halides is 3. The number of rotatable bonds is 10. The largest absolute Gasteiger partial charge is 0.494 e. The van der Waals surface area contributed by atoms with Gasteiger partial charge in [-0.05, 0) is 19.4 Å². The van der Waals surface area contributed by atoms with Crippen molar-refractivity contribution in [1.82, 2.24) is 0 Å². The van der Waals surface area contributed by atoms with Gasteiger partial charge < -0.3 is 4.74 Å². The predicted molar refractivity (Wildman–Crippen MR) is 98.6 cm³/mol. The molecule has 1 aromatic rings. The molecule has 0 aliphatic carbocycles. The van der Waals surface area contributed by atoms with E-state index in [1.165, 1.54) is 32.1 Å². The second-order valence-electron chi connectivity index (χ2n) is 5.62. The maximum absolute atomic E-state index is 6.24. The van der Waals surface area contributed by atoms with Crippen LogP contribution in [0.15, 0.2) is 24.3 Å². The summed E-state index contributed by atoms with van der Waals surface area (Å²) >= 11 is 18.7. The molecule has 0 bridgehead atoms. The Bertz CT molecular complexity index is 415. The highest BCUT2D eigenvalue weighted by atomic mass is 35.6. The number of hydrogen-bond donors (Lipinski definition) is 0. The molecule has 1 aromatic carbocycles. The third-order valence-electron chi connectivity index (χ3n) is 3.84. The summed E-state index contributed by atoms with van der Waals surface area (Å²) < 4.78 is 4.39. The van der Waals surface area contributed by atoms with Gasteiger partial charge in [0.05, 0.1) is 6.61 Å². The molecule has 0 heterocycles. The first-order chi connectivity index (χ1) is 10.5. The quantitative estimate of drug-likeness (QED) is 0.312. The van der Waals surface area contributed by atoms with E-state index in [0.717, 1.165) is 24.2 Å². The minimum absolute atomic E-state index is 0.133. The van der Waals surface area contributed by atoms with E-state index in [9.17, 15) is 0 Å². The van der Waals surface area contributed by atoms with Crippen LogP contribution in [-0.4, -0.2) is 10.4 Å². The Labute approximate surface area is 150 Å². The van der Waals surface area contributed by atoms with Crippen LogP contribution >= 0.6 is 34.8 Å². The van der Waals surface area contributed by atoms with Crippen LogP contribution < -0.4 is 4.74 Å². The lowest BCUT2D eigenvalue weighted by molar-refractivity contribution is 0.333. The first-order valence-corrected chi connectivity index (χ1v) is 9.42. The molecule has 0 radical (unpaired) electrons. The molecule has 1 atom stereocenters. The summed E-state index contributed by atoms with van der Waals surface area (Å²) in [6, 6.07) is 7.88. The number of hydrogen-bond acceptors (Lipinski definition) is 1. The van der Waals surface area contributed by atoms with Crippen molar-refractivity contribution in [1.29, 1.82) is 0 Å². The monoisotopic (exact) mass is 364 g/mol. The fourth-order valence-electron chi connectivity index (χ4n) is 2.68. The maximum Gasteiger partial charge on any atom is 0.197 e. The van der Waals surface area contributed by atoms with Gasteiger partial charge in [0.2, 0.25) is 0 Å². The van der Waals surface area contributed by atoms with Crippen LogP contribution in [0, 0.1) is 0 Å². The fourth-order valence-corrected chi connectivity index (χ4v) is 3.36. The topological polar surface area (TPSA) is 9.23 Å². The Morgan fingerprint density at radius 2 is 1.59 bits per heavy atom. The minimum Gasteiger partial charge on any atom is -0.494 e. The molecule has 0 spiro atoms. The van der Waals surface area contributed by atoms with Crippen LogP contribution in [0.5, 0.6) is 5.75 Å². The highest BCUT2D eigenvalue weighted by molar-refractivity contribution is 6.68. The molecular formula is C18H27Cl3O. The summed E-state index contributed by atoms with van der Waals surface area (Å²) in [5.74, 6) is 0.693. The first kappa shape index (κ1) is 19.9. The van der Waals surface area contributed by atoms with E-state index in [4.69, 9.17) is 39.5 Å².